The fraction of sp³-hybridized carbons (Fsp3) is 0.308. The van der Waals surface area contributed by atoms with Crippen LogP contribution in [0, 0.1) is 11.3 Å². The molecule has 4 heteroatoms. The number of halogens is 1. The van der Waals surface area contributed by atoms with Gasteiger partial charge in [-0.3, -0.25) is 0 Å². The summed E-state index contributed by atoms with van der Waals surface area (Å²) in [4.78, 5) is 0. The van der Waals surface area contributed by atoms with Crippen molar-refractivity contribution in [1.29, 1.82) is 5.26 Å². The van der Waals surface area contributed by atoms with E-state index in [1.165, 1.54) is 11.3 Å². The van der Waals surface area contributed by atoms with E-state index in [0.717, 1.165) is 22.1 Å². The molecule has 0 spiro atoms. The van der Waals surface area contributed by atoms with Crippen LogP contribution in [-0.2, 0) is 6.42 Å². The SMILES string of the molecule is CC.CCc1c(Cl)ccc2sc(N)c(C#N)c12. The Morgan fingerprint density at radius 1 is 1.41 bits per heavy atom. The average Bonchev–Trinajstić information content (AvgIpc) is 2.67. The molecule has 0 aliphatic rings. The van der Waals surface area contributed by atoms with E-state index in [-0.39, 0.29) is 0 Å². The van der Waals surface area contributed by atoms with E-state index in [2.05, 4.69) is 6.07 Å². The quantitative estimate of drug-likeness (QED) is 0.820. The maximum atomic E-state index is 9.05. The van der Waals surface area contributed by atoms with Crippen LogP contribution in [0.2, 0.25) is 5.02 Å². The zero-order chi connectivity index (χ0) is 13.0. The zero-order valence-corrected chi connectivity index (χ0v) is 11.7. The predicted molar refractivity (Wildman–Crippen MR) is 76.7 cm³/mol. The largest absolute Gasteiger partial charge is 0.389 e. The van der Waals surface area contributed by atoms with Gasteiger partial charge in [0.15, 0.2) is 0 Å². The van der Waals surface area contributed by atoms with Gasteiger partial charge in [0.05, 0.1) is 5.56 Å². The van der Waals surface area contributed by atoms with Crippen LogP contribution in [0.5, 0.6) is 0 Å². The van der Waals surface area contributed by atoms with E-state index in [9.17, 15) is 0 Å². The second-order valence-electron chi connectivity index (χ2n) is 3.21. The van der Waals surface area contributed by atoms with Crippen LogP contribution in [0.25, 0.3) is 10.1 Å². The van der Waals surface area contributed by atoms with Gasteiger partial charge in [0.25, 0.3) is 0 Å². The minimum atomic E-state index is 0.564. The first-order valence-corrected chi connectivity index (χ1v) is 6.78. The molecule has 2 nitrogen and oxygen atoms in total. The molecule has 90 valence electrons. The summed E-state index contributed by atoms with van der Waals surface area (Å²) in [5.74, 6) is 0. The van der Waals surface area contributed by atoms with Crippen LogP contribution in [0.4, 0.5) is 5.00 Å². The number of rotatable bonds is 1. The van der Waals surface area contributed by atoms with E-state index in [1.54, 1.807) is 0 Å². The molecule has 0 bridgehead atoms. The monoisotopic (exact) mass is 266 g/mol. The van der Waals surface area contributed by atoms with Crippen LogP contribution in [-0.4, -0.2) is 0 Å². The molecule has 1 aromatic carbocycles. The van der Waals surface area contributed by atoms with Crippen molar-refractivity contribution in [2.24, 2.45) is 0 Å². The number of nitrogen functional groups attached to an aromatic ring is 1. The third-order valence-corrected chi connectivity index (χ3v) is 3.74. The van der Waals surface area contributed by atoms with Crippen molar-refractivity contribution in [3.8, 4) is 6.07 Å². The van der Waals surface area contributed by atoms with Gasteiger partial charge in [0.1, 0.15) is 11.1 Å². The first-order valence-electron chi connectivity index (χ1n) is 5.58. The lowest BCUT2D eigenvalue weighted by Crippen LogP contribution is -1.87. The van der Waals surface area contributed by atoms with E-state index >= 15 is 0 Å². The summed E-state index contributed by atoms with van der Waals surface area (Å²) in [6.45, 7) is 6.02. The van der Waals surface area contributed by atoms with Gasteiger partial charge in [0.2, 0.25) is 0 Å². The van der Waals surface area contributed by atoms with Crippen molar-refractivity contribution in [2.45, 2.75) is 27.2 Å². The average molecular weight is 267 g/mol. The first-order chi connectivity index (χ1) is 8.19. The molecule has 0 saturated heterocycles. The molecule has 1 heterocycles. The molecule has 1 aromatic heterocycles. The van der Waals surface area contributed by atoms with Gasteiger partial charge in [-0.25, -0.2) is 0 Å². The van der Waals surface area contributed by atoms with Crippen LogP contribution in [0.3, 0.4) is 0 Å². The Morgan fingerprint density at radius 2 is 2.06 bits per heavy atom. The van der Waals surface area contributed by atoms with Gasteiger partial charge in [-0.05, 0) is 24.1 Å². The molecule has 2 N–H and O–H groups in total. The summed E-state index contributed by atoms with van der Waals surface area (Å²) in [5.41, 5.74) is 7.37. The van der Waals surface area contributed by atoms with E-state index in [4.69, 9.17) is 22.6 Å². The van der Waals surface area contributed by atoms with Gasteiger partial charge < -0.3 is 5.73 Å². The van der Waals surface area contributed by atoms with Crippen molar-refractivity contribution in [3.05, 3.63) is 28.3 Å². The van der Waals surface area contributed by atoms with Gasteiger partial charge in [-0.1, -0.05) is 32.4 Å². The molecule has 0 saturated carbocycles. The van der Waals surface area contributed by atoms with Gasteiger partial charge in [-0.15, -0.1) is 11.3 Å². The molecule has 0 amide bonds. The molecule has 0 atom stereocenters. The lowest BCUT2D eigenvalue weighted by Gasteiger charge is -2.02. The third-order valence-electron chi connectivity index (χ3n) is 2.40. The minimum Gasteiger partial charge on any atom is -0.389 e. The van der Waals surface area contributed by atoms with Crippen molar-refractivity contribution < 1.29 is 0 Å². The van der Waals surface area contributed by atoms with Crippen LogP contribution in [0.15, 0.2) is 12.1 Å². The van der Waals surface area contributed by atoms with Crippen molar-refractivity contribution in [2.75, 3.05) is 5.73 Å². The highest BCUT2D eigenvalue weighted by Gasteiger charge is 2.14. The molecule has 2 rings (SSSR count). The van der Waals surface area contributed by atoms with Crippen LogP contribution in [0.1, 0.15) is 31.9 Å². The summed E-state index contributed by atoms with van der Waals surface area (Å²) in [6, 6.07) is 5.92. The Kier molecular flexibility index (Phi) is 4.80. The summed E-state index contributed by atoms with van der Waals surface area (Å²) in [7, 11) is 0. The van der Waals surface area contributed by atoms with E-state index in [0.29, 0.717) is 15.6 Å². The maximum Gasteiger partial charge on any atom is 0.105 e. The molecule has 0 aliphatic heterocycles. The summed E-state index contributed by atoms with van der Waals surface area (Å²) in [6.07, 6.45) is 0.807. The first kappa shape index (κ1) is 13.8. The topological polar surface area (TPSA) is 49.8 Å². The standard InChI is InChI=1S/C11H9ClN2S.C2H6/c1-2-6-8(12)3-4-9-10(6)7(5-13)11(14)15-9;1-2/h3-4H,2,14H2,1H3;1-2H3. The second kappa shape index (κ2) is 5.90. The maximum absolute atomic E-state index is 9.05. The molecule has 0 fully saturated rings. The number of nitriles is 1. The van der Waals surface area contributed by atoms with Crippen molar-refractivity contribution >= 4 is 38.0 Å². The lowest BCUT2D eigenvalue weighted by molar-refractivity contribution is 1.16. The molecular weight excluding hydrogens is 252 g/mol. The smallest absolute Gasteiger partial charge is 0.105 e. The Bertz CT molecular complexity index is 567. The number of anilines is 1. The van der Waals surface area contributed by atoms with Gasteiger partial charge in [0, 0.05) is 15.1 Å². The number of hydrogen-bond donors (Lipinski definition) is 1. The Balaban J connectivity index is 0.000000686. The third kappa shape index (κ3) is 2.38. The highest BCUT2D eigenvalue weighted by Crippen LogP contribution is 2.38. The fourth-order valence-corrected chi connectivity index (χ4v) is 2.95. The molecule has 0 aliphatic carbocycles. The number of benzene rings is 1. The number of thiophene rings is 1. The molecule has 17 heavy (non-hydrogen) atoms. The van der Waals surface area contributed by atoms with Gasteiger partial charge in [-0.2, -0.15) is 5.26 Å². The van der Waals surface area contributed by atoms with Crippen LogP contribution >= 0.6 is 22.9 Å². The zero-order valence-electron chi connectivity index (χ0n) is 10.2. The number of fused-ring (bicyclic) bond motifs is 1. The molecule has 2 aromatic rings. The normalized spacial score (nSPS) is 9.59. The Labute approximate surface area is 111 Å². The summed E-state index contributed by atoms with van der Waals surface area (Å²) >= 11 is 7.53. The highest BCUT2D eigenvalue weighted by molar-refractivity contribution is 7.23. The van der Waals surface area contributed by atoms with E-state index < -0.39 is 0 Å². The Hall–Kier alpha value is -1.24. The number of hydrogen-bond acceptors (Lipinski definition) is 3. The molecule has 0 radical (unpaired) electrons. The minimum absolute atomic E-state index is 0.564. The summed E-state index contributed by atoms with van der Waals surface area (Å²) < 4.78 is 1.03. The highest BCUT2D eigenvalue weighted by atomic mass is 35.5. The molecular formula is C13H15ClN2S. The number of aryl methyl sites for hydroxylation is 1. The number of nitrogens with two attached hydrogens (primary N) is 1. The number of nitrogens with zero attached hydrogens (tertiary/aromatic N) is 1. The van der Waals surface area contributed by atoms with Crippen molar-refractivity contribution in [1.82, 2.24) is 0 Å². The molecule has 0 unspecified atom stereocenters. The summed E-state index contributed by atoms with van der Waals surface area (Å²) in [5, 5.41) is 11.3. The lowest BCUT2D eigenvalue weighted by atomic mass is 10.0. The van der Waals surface area contributed by atoms with E-state index in [1.807, 2.05) is 32.9 Å². The Morgan fingerprint density at radius 3 is 2.59 bits per heavy atom. The predicted octanol–water partition coefficient (Wildman–Crippen LogP) is 4.60. The van der Waals surface area contributed by atoms with Crippen LogP contribution < -0.4 is 5.73 Å². The van der Waals surface area contributed by atoms with Crippen molar-refractivity contribution in [3.63, 3.8) is 0 Å². The fourth-order valence-electron chi connectivity index (χ4n) is 1.71. The second-order valence-corrected chi connectivity index (χ2v) is 4.70. The van der Waals surface area contributed by atoms with Gasteiger partial charge >= 0.3 is 0 Å².